The summed E-state index contributed by atoms with van der Waals surface area (Å²) in [5, 5.41) is 10.1. The highest BCUT2D eigenvalue weighted by atomic mass is 16.3. The Kier molecular flexibility index (Phi) is 2.46. The molecule has 1 N–H and O–H groups in total. The van der Waals surface area contributed by atoms with Crippen LogP contribution in [0.1, 0.15) is 45.4 Å². The molecule has 74 valence electrons. The molecular weight excluding hydrogens is 160 g/mol. The van der Waals surface area contributed by atoms with Gasteiger partial charge in [0.2, 0.25) is 0 Å². The Morgan fingerprint density at radius 3 is 2.69 bits per heavy atom. The van der Waals surface area contributed by atoms with Crippen molar-refractivity contribution in [2.45, 2.75) is 51.0 Å². The van der Waals surface area contributed by atoms with Crippen molar-refractivity contribution in [1.29, 1.82) is 0 Å². The van der Waals surface area contributed by atoms with E-state index in [2.05, 4.69) is 12.2 Å². The van der Waals surface area contributed by atoms with Crippen LogP contribution in [0.5, 0.6) is 0 Å². The lowest BCUT2D eigenvalue weighted by Gasteiger charge is -2.30. The van der Waals surface area contributed by atoms with E-state index in [0.29, 0.717) is 0 Å². The smallest absolute Gasteiger partial charge is 0.0622 e. The van der Waals surface area contributed by atoms with Crippen LogP contribution in [0, 0.1) is 11.8 Å². The van der Waals surface area contributed by atoms with E-state index in [9.17, 15) is 5.11 Å². The van der Waals surface area contributed by atoms with Crippen LogP contribution in [0.25, 0.3) is 0 Å². The minimum absolute atomic E-state index is 0.384. The topological polar surface area (TPSA) is 20.2 Å². The van der Waals surface area contributed by atoms with Gasteiger partial charge in [-0.2, -0.15) is 0 Å². The van der Waals surface area contributed by atoms with Gasteiger partial charge in [0.15, 0.2) is 0 Å². The number of aliphatic hydroxyl groups is 1. The van der Waals surface area contributed by atoms with E-state index in [4.69, 9.17) is 0 Å². The lowest BCUT2D eigenvalue weighted by molar-refractivity contribution is 0.0277. The van der Waals surface area contributed by atoms with Crippen LogP contribution >= 0.6 is 0 Å². The maximum absolute atomic E-state index is 10.1. The molecule has 0 aliphatic heterocycles. The van der Waals surface area contributed by atoms with Crippen molar-refractivity contribution in [3.63, 3.8) is 0 Å². The van der Waals surface area contributed by atoms with E-state index in [1.807, 2.05) is 6.92 Å². The molecule has 2 aliphatic rings. The zero-order valence-electron chi connectivity index (χ0n) is 8.50. The number of allylic oxidation sites excluding steroid dienone is 2. The van der Waals surface area contributed by atoms with Crippen molar-refractivity contribution in [3.8, 4) is 0 Å². The van der Waals surface area contributed by atoms with Crippen LogP contribution in [0.4, 0.5) is 0 Å². The van der Waals surface area contributed by atoms with Gasteiger partial charge >= 0.3 is 0 Å². The number of hydrogen-bond donors (Lipinski definition) is 1. The van der Waals surface area contributed by atoms with E-state index >= 15 is 0 Å². The van der Waals surface area contributed by atoms with Crippen molar-refractivity contribution in [2.24, 2.45) is 11.8 Å². The van der Waals surface area contributed by atoms with Crippen molar-refractivity contribution >= 4 is 0 Å². The Labute approximate surface area is 80.8 Å². The third-order valence-corrected chi connectivity index (χ3v) is 3.70. The quantitative estimate of drug-likeness (QED) is 0.568. The monoisotopic (exact) mass is 180 g/mol. The zero-order chi connectivity index (χ0) is 9.31. The van der Waals surface area contributed by atoms with Gasteiger partial charge in [0.25, 0.3) is 0 Å². The fourth-order valence-electron chi connectivity index (χ4n) is 2.94. The summed E-state index contributed by atoms with van der Waals surface area (Å²) in [6, 6.07) is 0. The predicted molar refractivity (Wildman–Crippen MR) is 54.4 cm³/mol. The molecule has 1 fully saturated rings. The Balaban J connectivity index is 2.08. The molecule has 0 bridgehead atoms. The summed E-state index contributed by atoms with van der Waals surface area (Å²) in [5.74, 6) is 1.61. The summed E-state index contributed by atoms with van der Waals surface area (Å²) < 4.78 is 0. The van der Waals surface area contributed by atoms with E-state index in [-0.39, 0.29) is 5.60 Å². The molecule has 0 heterocycles. The maximum Gasteiger partial charge on any atom is 0.0622 e. The lowest BCUT2D eigenvalue weighted by Crippen LogP contribution is -2.27. The molecule has 1 saturated carbocycles. The second-order valence-corrected chi connectivity index (χ2v) is 5.06. The highest BCUT2D eigenvalue weighted by Crippen LogP contribution is 2.40. The second-order valence-electron chi connectivity index (χ2n) is 5.06. The van der Waals surface area contributed by atoms with Gasteiger partial charge < -0.3 is 5.11 Å². The second kappa shape index (κ2) is 3.45. The van der Waals surface area contributed by atoms with E-state index in [0.717, 1.165) is 24.7 Å². The molecule has 0 aromatic heterocycles. The predicted octanol–water partition coefficient (Wildman–Crippen LogP) is 2.89. The summed E-state index contributed by atoms with van der Waals surface area (Å²) in [4.78, 5) is 0. The molecule has 3 unspecified atom stereocenters. The zero-order valence-corrected chi connectivity index (χ0v) is 8.50. The van der Waals surface area contributed by atoms with Crippen molar-refractivity contribution in [1.82, 2.24) is 0 Å². The Bertz CT molecular complexity index is 205. The van der Waals surface area contributed by atoms with Gasteiger partial charge in [0, 0.05) is 0 Å². The third kappa shape index (κ3) is 2.14. The largest absolute Gasteiger partial charge is 0.390 e. The van der Waals surface area contributed by atoms with Gasteiger partial charge in [-0.3, -0.25) is 0 Å². The normalized spacial score (nSPS) is 45.4. The standard InChI is InChI=1S/C12H20O/c1-12(13)8-4-7-10-5-2-3-6-11(10)9-12/h2-3,10-11,13H,4-9H2,1H3. The van der Waals surface area contributed by atoms with Crippen molar-refractivity contribution in [3.05, 3.63) is 12.2 Å². The first kappa shape index (κ1) is 9.26. The average Bonchev–Trinajstić information content (AvgIpc) is 2.21. The molecule has 13 heavy (non-hydrogen) atoms. The lowest BCUT2D eigenvalue weighted by atomic mass is 9.78. The fourth-order valence-corrected chi connectivity index (χ4v) is 2.94. The summed E-state index contributed by atoms with van der Waals surface area (Å²) >= 11 is 0. The van der Waals surface area contributed by atoms with Gasteiger partial charge in [-0.25, -0.2) is 0 Å². The first-order valence-electron chi connectivity index (χ1n) is 5.55. The first-order valence-corrected chi connectivity index (χ1v) is 5.55. The SMILES string of the molecule is CC1(O)CCCC2CC=CCC2C1. The van der Waals surface area contributed by atoms with E-state index in [1.165, 1.54) is 25.7 Å². The van der Waals surface area contributed by atoms with Gasteiger partial charge in [-0.05, 0) is 50.9 Å². The summed E-state index contributed by atoms with van der Waals surface area (Å²) in [5.41, 5.74) is -0.384. The van der Waals surface area contributed by atoms with Crippen molar-refractivity contribution in [2.75, 3.05) is 0 Å². The van der Waals surface area contributed by atoms with Gasteiger partial charge in [0.05, 0.1) is 5.60 Å². The molecular formula is C12H20O. The van der Waals surface area contributed by atoms with Crippen LogP contribution in [0.15, 0.2) is 12.2 Å². The molecule has 2 rings (SSSR count). The Morgan fingerprint density at radius 1 is 1.23 bits per heavy atom. The van der Waals surface area contributed by atoms with Crippen LogP contribution in [-0.2, 0) is 0 Å². The third-order valence-electron chi connectivity index (χ3n) is 3.70. The van der Waals surface area contributed by atoms with Crippen molar-refractivity contribution < 1.29 is 5.11 Å². The molecule has 3 atom stereocenters. The minimum atomic E-state index is -0.384. The molecule has 0 amide bonds. The molecule has 0 spiro atoms. The van der Waals surface area contributed by atoms with Crippen LogP contribution in [0.2, 0.25) is 0 Å². The highest BCUT2D eigenvalue weighted by molar-refractivity contribution is 4.97. The molecule has 0 saturated heterocycles. The average molecular weight is 180 g/mol. The number of fused-ring (bicyclic) bond motifs is 1. The molecule has 1 heteroatoms. The highest BCUT2D eigenvalue weighted by Gasteiger charge is 2.33. The molecule has 0 aromatic carbocycles. The maximum atomic E-state index is 10.1. The van der Waals surface area contributed by atoms with Crippen LogP contribution in [0.3, 0.4) is 0 Å². The molecule has 1 nitrogen and oxygen atoms in total. The van der Waals surface area contributed by atoms with Crippen LogP contribution in [-0.4, -0.2) is 10.7 Å². The first-order chi connectivity index (χ1) is 6.17. The van der Waals surface area contributed by atoms with E-state index in [1.54, 1.807) is 0 Å². The Morgan fingerprint density at radius 2 is 1.92 bits per heavy atom. The van der Waals surface area contributed by atoms with Crippen LogP contribution < -0.4 is 0 Å². The van der Waals surface area contributed by atoms with Gasteiger partial charge in [-0.15, -0.1) is 0 Å². The fraction of sp³-hybridized carbons (Fsp3) is 0.833. The van der Waals surface area contributed by atoms with Gasteiger partial charge in [-0.1, -0.05) is 18.6 Å². The molecule has 2 aliphatic carbocycles. The minimum Gasteiger partial charge on any atom is -0.390 e. The Hall–Kier alpha value is -0.300. The number of hydrogen-bond acceptors (Lipinski definition) is 1. The van der Waals surface area contributed by atoms with E-state index < -0.39 is 0 Å². The summed E-state index contributed by atoms with van der Waals surface area (Å²) in [7, 11) is 0. The molecule has 0 radical (unpaired) electrons. The van der Waals surface area contributed by atoms with Gasteiger partial charge in [0.1, 0.15) is 0 Å². The summed E-state index contributed by atoms with van der Waals surface area (Å²) in [6.07, 6.45) is 11.6. The molecule has 0 aromatic rings. The summed E-state index contributed by atoms with van der Waals surface area (Å²) in [6.45, 7) is 2.01. The number of rotatable bonds is 0.